The van der Waals surface area contributed by atoms with Crippen molar-refractivity contribution in [2.75, 3.05) is 19.7 Å². The lowest BCUT2D eigenvalue weighted by Gasteiger charge is -2.30. The fourth-order valence-electron chi connectivity index (χ4n) is 2.07. The maximum Gasteiger partial charge on any atom is 0.334 e. The number of carbonyl (C=O) groups is 1. The molecular weight excluding hydrogens is 332 g/mol. The van der Waals surface area contributed by atoms with Crippen molar-refractivity contribution in [2.45, 2.75) is 12.6 Å². The van der Waals surface area contributed by atoms with Gasteiger partial charge in [-0.15, -0.1) is 0 Å². The summed E-state index contributed by atoms with van der Waals surface area (Å²) in [5.74, 6) is -0.993. The lowest BCUT2D eigenvalue weighted by molar-refractivity contribution is -0.385. The van der Waals surface area contributed by atoms with Crippen molar-refractivity contribution in [1.29, 1.82) is 0 Å². The van der Waals surface area contributed by atoms with Crippen LogP contribution in [0.15, 0.2) is 22.7 Å². The second-order valence-corrected chi connectivity index (χ2v) is 5.23. The second kappa shape index (κ2) is 6.29. The average molecular weight is 345 g/mol. The molecule has 7 nitrogen and oxygen atoms in total. The van der Waals surface area contributed by atoms with E-state index < -0.39 is 17.0 Å². The highest BCUT2D eigenvalue weighted by molar-refractivity contribution is 9.10. The van der Waals surface area contributed by atoms with Crippen LogP contribution in [0.3, 0.4) is 0 Å². The number of hydrogen-bond donors (Lipinski definition) is 1. The molecule has 1 atom stereocenters. The molecule has 0 radical (unpaired) electrons. The van der Waals surface area contributed by atoms with E-state index >= 15 is 0 Å². The van der Waals surface area contributed by atoms with Crippen LogP contribution in [0.4, 0.5) is 5.69 Å². The summed E-state index contributed by atoms with van der Waals surface area (Å²) < 4.78 is 5.57. The van der Waals surface area contributed by atoms with Crippen LogP contribution in [0.1, 0.15) is 5.56 Å². The molecule has 0 aromatic heterocycles. The molecule has 0 saturated carbocycles. The lowest BCUT2D eigenvalue weighted by atomic mass is 10.1. The van der Waals surface area contributed by atoms with E-state index in [9.17, 15) is 14.9 Å². The number of rotatable bonds is 4. The molecule has 1 aliphatic rings. The van der Waals surface area contributed by atoms with Gasteiger partial charge < -0.3 is 9.84 Å². The molecule has 2 rings (SSSR count). The Morgan fingerprint density at radius 1 is 1.60 bits per heavy atom. The van der Waals surface area contributed by atoms with Gasteiger partial charge in [0.15, 0.2) is 6.10 Å². The molecule has 1 aromatic rings. The predicted octanol–water partition coefficient (Wildman–Crippen LogP) is 1.64. The van der Waals surface area contributed by atoms with E-state index in [1.54, 1.807) is 12.1 Å². The van der Waals surface area contributed by atoms with Gasteiger partial charge in [0.2, 0.25) is 0 Å². The molecule has 1 heterocycles. The van der Waals surface area contributed by atoms with Crippen molar-refractivity contribution in [1.82, 2.24) is 4.90 Å². The lowest BCUT2D eigenvalue weighted by Crippen LogP contribution is -2.45. The highest BCUT2D eigenvalue weighted by Crippen LogP contribution is 2.29. The van der Waals surface area contributed by atoms with E-state index in [1.165, 1.54) is 6.07 Å². The topological polar surface area (TPSA) is 92.9 Å². The zero-order chi connectivity index (χ0) is 14.7. The third kappa shape index (κ3) is 3.33. The summed E-state index contributed by atoms with van der Waals surface area (Å²) in [5, 5.41) is 19.8. The fraction of sp³-hybridized carbons (Fsp3) is 0.417. The zero-order valence-corrected chi connectivity index (χ0v) is 12.1. The van der Waals surface area contributed by atoms with Gasteiger partial charge in [-0.25, -0.2) is 4.79 Å². The summed E-state index contributed by atoms with van der Waals surface area (Å²) in [7, 11) is 0. The van der Waals surface area contributed by atoms with Crippen molar-refractivity contribution < 1.29 is 19.6 Å². The SMILES string of the molecule is O=C(O)C1CN(Cc2cccc([N+](=O)[O-])c2Br)CCO1. The van der Waals surface area contributed by atoms with Crippen molar-refractivity contribution in [3.8, 4) is 0 Å². The fourth-order valence-corrected chi connectivity index (χ4v) is 2.60. The largest absolute Gasteiger partial charge is 0.479 e. The van der Waals surface area contributed by atoms with Gasteiger partial charge in [-0.05, 0) is 21.5 Å². The summed E-state index contributed by atoms with van der Waals surface area (Å²) in [6, 6.07) is 4.82. The number of nitrogens with zero attached hydrogens (tertiary/aromatic N) is 2. The Balaban J connectivity index is 2.12. The molecule has 1 fully saturated rings. The summed E-state index contributed by atoms with van der Waals surface area (Å²) in [5.41, 5.74) is 0.760. The number of benzene rings is 1. The summed E-state index contributed by atoms with van der Waals surface area (Å²) in [6.45, 7) is 1.64. The van der Waals surface area contributed by atoms with Crippen molar-refractivity contribution in [3.05, 3.63) is 38.3 Å². The predicted molar refractivity (Wildman–Crippen MR) is 73.4 cm³/mol. The molecule has 0 spiro atoms. The molecule has 0 bridgehead atoms. The van der Waals surface area contributed by atoms with Crippen molar-refractivity contribution in [2.24, 2.45) is 0 Å². The Bertz CT molecular complexity index is 537. The number of ether oxygens (including phenoxy) is 1. The average Bonchev–Trinajstić information content (AvgIpc) is 2.41. The maximum atomic E-state index is 10.9. The van der Waals surface area contributed by atoms with Gasteiger partial charge in [-0.3, -0.25) is 15.0 Å². The number of aliphatic carboxylic acids is 1. The van der Waals surface area contributed by atoms with E-state index in [0.29, 0.717) is 24.2 Å². The minimum absolute atomic E-state index is 0.00513. The van der Waals surface area contributed by atoms with Gasteiger partial charge in [0.05, 0.1) is 16.0 Å². The van der Waals surface area contributed by atoms with Crippen LogP contribution in [-0.2, 0) is 16.1 Å². The molecule has 1 N–H and O–H groups in total. The summed E-state index contributed by atoms with van der Waals surface area (Å²) >= 11 is 3.24. The minimum Gasteiger partial charge on any atom is -0.479 e. The van der Waals surface area contributed by atoms with Gasteiger partial charge in [0.1, 0.15) is 0 Å². The number of halogens is 1. The van der Waals surface area contributed by atoms with Crippen LogP contribution in [0, 0.1) is 10.1 Å². The number of morpholine rings is 1. The molecule has 0 aliphatic carbocycles. The van der Waals surface area contributed by atoms with Crippen LogP contribution < -0.4 is 0 Å². The van der Waals surface area contributed by atoms with Gasteiger partial charge >= 0.3 is 5.97 Å². The van der Waals surface area contributed by atoms with Crippen molar-refractivity contribution in [3.63, 3.8) is 0 Å². The number of nitro groups is 1. The monoisotopic (exact) mass is 344 g/mol. The summed E-state index contributed by atoms with van der Waals surface area (Å²) in [6.07, 6.45) is -0.846. The normalized spacial score (nSPS) is 19.8. The van der Waals surface area contributed by atoms with E-state index in [2.05, 4.69) is 15.9 Å². The molecule has 108 valence electrons. The van der Waals surface area contributed by atoms with Crippen LogP contribution in [0.25, 0.3) is 0 Å². The Morgan fingerprint density at radius 2 is 2.35 bits per heavy atom. The van der Waals surface area contributed by atoms with E-state index in [1.807, 2.05) is 4.90 Å². The molecular formula is C12H13BrN2O5. The maximum absolute atomic E-state index is 10.9. The third-order valence-corrected chi connectivity index (χ3v) is 3.99. The highest BCUT2D eigenvalue weighted by Gasteiger charge is 2.27. The Morgan fingerprint density at radius 3 is 3.00 bits per heavy atom. The molecule has 1 aromatic carbocycles. The summed E-state index contributed by atoms with van der Waals surface area (Å²) in [4.78, 5) is 23.2. The van der Waals surface area contributed by atoms with E-state index in [4.69, 9.17) is 9.84 Å². The van der Waals surface area contributed by atoms with Gasteiger partial charge in [0, 0.05) is 25.7 Å². The minimum atomic E-state index is -0.993. The van der Waals surface area contributed by atoms with Crippen LogP contribution in [-0.4, -0.2) is 46.7 Å². The van der Waals surface area contributed by atoms with Gasteiger partial charge in [0.25, 0.3) is 5.69 Å². The highest BCUT2D eigenvalue weighted by atomic mass is 79.9. The first-order valence-electron chi connectivity index (χ1n) is 5.97. The number of hydrogen-bond acceptors (Lipinski definition) is 5. The second-order valence-electron chi connectivity index (χ2n) is 4.44. The molecule has 1 unspecified atom stereocenters. The van der Waals surface area contributed by atoms with E-state index in [-0.39, 0.29) is 12.2 Å². The quantitative estimate of drug-likeness (QED) is 0.659. The molecule has 1 aliphatic heterocycles. The number of carboxylic acids is 1. The molecule has 8 heteroatoms. The number of nitro benzene ring substituents is 1. The first-order chi connectivity index (χ1) is 9.49. The van der Waals surface area contributed by atoms with Crippen LogP contribution >= 0.6 is 15.9 Å². The first-order valence-corrected chi connectivity index (χ1v) is 6.77. The standard InChI is InChI=1S/C12H13BrN2O5/c13-11-8(2-1-3-9(11)15(18)19)6-14-4-5-20-10(7-14)12(16)17/h1-3,10H,4-7H2,(H,16,17). The Labute approximate surface area is 123 Å². The molecule has 1 saturated heterocycles. The molecule has 0 amide bonds. The smallest absolute Gasteiger partial charge is 0.334 e. The van der Waals surface area contributed by atoms with Gasteiger partial charge in [-0.2, -0.15) is 0 Å². The first kappa shape index (κ1) is 14.9. The Hall–Kier alpha value is -1.51. The van der Waals surface area contributed by atoms with Crippen LogP contribution in [0.2, 0.25) is 0 Å². The Kier molecular flexibility index (Phi) is 4.69. The van der Waals surface area contributed by atoms with Gasteiger partial charge in [-0.1, -0.05) is 12.1 Å². The number of carboxylic acid groups (broad SMARTS) is 1. The van der Waals surface area contributed by atoms with Crippen molar-refractivity contribution >= 4 is 27.6 Å². The van der Waals surface area contributed by atoms with Crippen LogP contribution in [0.5, 0.6) is 0 Å². The third-order valence-electron chi connectivity index (χ3n) is 3.07. The van der Waals surface area contributed by atoms with E-state index in [0.717, 1.165) is 5.56 Å². The molecule has 20 heavy (non-hydrogen) atoms. The zero-order valence-electron chi connectivity index (χ0n) is 10.5.